The van der Waals surface area contributed by atoms with Crippen molar-refractivity contribution >= 4 is 8.32 Å². The van der Waals surface area contributed by atoms with E-state index in [4.69, 9.17) is 5.80 Å². The molecular weight excluding hydrogens is 200 g/mol. The standard InChI is InChI=1S/C13H30OSi/c1-8-15(9-2,10-3)14-13(11(4)5)12(6)7/h11-13H,8-10H2,1-7H3/i13D. The van der Waals surface area contributed by atoms with Crippen molar-refractivity contribution in [2.24, 2.45) is 11.8 Å². The van der Waals surface area contributed by atoms with Crippen LogP contribution in [-0.2, 0) is 4.43 Å². The number of hydrogen-bond acceptors (Lipinski definition) is 1. The van der Waals surface area contributed by atoms with Crippen LogP contribution in [0.5, 0.6) is 0 Å². The van der Waals surface area contributed by atoms with Crippen LogP contribution in [0.3, 0.4) is 0 Å². The fraction of sp³-hybridized carbons (Fsp3) is 1.00. The van der Waals surface area contributed by atoms with Crippen molar-refractivity contribution in [2.75, 3.05) is 0 Å². The first-order chi connectivity index (χ1) is 7.28. The van der Waals surface area contributed by atoms with Gasteiger partial charge in [0.25, 0.3) is 0 Å². The Hall–Kier alpha value is 0.177. The molecule has 0 radical (unpaired) electrons. The Labute approximate surface area is 99.1 Å². The van der Waals surface area contributed by atoms with Gasteiger partial charge >= 0.3 is 0 Å². The molecule has 0 bridgehead atoms. The molecule has 0 aromatic heterocycles. The Bertz CT molecular complexity index is 184. The summed E-state index contributed by atoms with van der Waals surface area (Å²) in [5.74, 6) is 0.507. The molecule has 1 nitrogen and oxygen atoms in total. The zero-order valence-corrected chi connectivity index (χ0v) is 12.7. The largest absolute Gasteiger partial charge is 0.413 e. The van der Waals surface area contributed by atoms with Crippen molar-refractivity contribution in [3.05, 3.63) is 0 Å². The maximum absolute atomic E-state index is 8.61. The van der Waals surface area contributed by atoms with E-state index in [0.29, 0.717) is 0 Å². The topological polar surface area (TPSA) is 9.23 Å². The van der Waals surface area contributed by atoms with Gasteiger partial charge in [0.05, 0.1) is 1.37 Å². The summed E-state index contributed by atoms with van der Waals surface area (Å²) >= 11 is 0. The summed E-state index contributed by atoms with van der Waals surface area (Å²) in [6.07, 6.45) is -0.700. The van der Waals surface area contributed by atoms with Gasteiger partial charge in [-0.3, -0.25) is 0 Å². The van der Waals surface area contributed by atoms with Crippen LogP contribution >= 0.6 is 0 Å². The number of rotatable bonds is 7. The van der Waals surface area contributed by atoms with Gasteiger partial charge in [-0.1, -0.05) is 48.5 Å². The Kier molecular flexibility index (Phi) is 5.91. The molecular formula is C13H30OSi. The van der Waals surface area contributed by atoms with Crippen LogP contribution in [0.25, 0.3) is 0 Å². The highest BCUT2D eigenvalue weighted by Crippen LogP contribution is 2.28. The predicted octanol–water partition coefficient (Wildman–Crippen LogP) is 4.69. The van der Waals surface area contributed by atoms with Crippen molar-refractivity contribution in [1.29, 1.82) is 0 Å². The van der Waals surface area contributed by atoms with Gasteiger partial charge in [-0.25, -0.2) is 0 Å². The molecule has 0 aliphatic rings. The van der Waals surface area contributed by atoms with Gasteiger partial charge in [0, 0.05) is 6.08 Å². The molecule has 0 amide bonds. The van der Waals surface area contributed by atoms with E-state index < -0.39 is 14.4 Å². The minimum absolute atomic E-state index is 0.254. The first kappa shape index (κ1) is 13.2. The van der Waals surface area contributed by atoms with Gasteiger partial charge in [0.15, 0.2) is 8.32 Å². The van der Waals surface area contributed by atoms with Crippen LogP contribution in [0, 0.1) is 11.8 Å². The summed E-state index contributed by atoms with van der Waals surface area (Å²) < 4.78 is 15.0. The van der Waals surface area contributed by atoms with Crippen molar-refractivity contribution in [3.8, 4) is 0 Å². The van der Waals surface area contributed by atoms with Crippen molar-refractivity contribution in [2.45, 2.75) is 72.7 Å². The summed E-state index contributed by atoms with van der Waals surface area (Å²) in [6.45, 7) is 15.1. The van der Waals surface area contributed by atoms with E-state index in [1.165, 1.54) is 0 Å². The third-order valence-corrected chi connectivity index (χ3v) is 7.94. The molecule has 0 saturated carbocycles. The molecule has 0 fully saturated rings. The lowest BCUT2D eigenvalue weighted by Crippen LogP contribution is -2.43. The van der Waals surface area contributed by atoms with Gasteiger partial charge in [0.1, 0.15) is 0 Å². The molecule has 0 saturated heterocycles. The predicted molar refractivity (Wildman–Crippen MR) is 71.7 cm³/mol. The smallest absolute Gasteiger partial charge is 0.192 e. The van der Waals surface area contributed by atoms with E-state index in [0.717, 1.165) is 18.1 Å². The summed E-state index contributed by atoms with van der Waals surface area (Å²) in [5.41, 5.74) is 0. The second kappa shape index (κ2) is 6.69. The minimum Gasteiger partial charge on any atom is -0.413 e. The zero-order valence-electron chi connectivity index (χ0n) is 12.7. The van der Waals surface area contributed by atoms with Crippen molar-refractivity contribution in [1.82, 2.24) is 0 Å². The molecule has 2 heteroatoms. The van der Waals surface area contributed by atoms with Crippen LogP contribution in [0.15, 0.2) is 0 Å². The fourth-order valence-corrected chi connectivity index (χ4v) is 5.02. The molecule has 0 rings (SSSR count). The van der Waals surface area contributed by atoms with E-state index in [2.05, 4.69) is 48.5 Å². The van der Waals surface area contributed by atoms with E-state index >= 15 is 0 Å². The zero-order chi connectivity index (χ0) is 13.0. The van der Waals surface area contributed by atoms with Crippen LogP contribution in [0.1, 0.15) is 49.8 Å². The van der Waals surface area contributed by atoms with Crippen molar-refractivity contribution in [3.63, 3.8) is 0 Å². The first-order valence-electron chi connectivity index (χ1n) is 6.98. The fourth-order valence-electron chi connectivity index (χ4n) is 2.12. The highest BCUT2D eigenvalue weighted by molar-refractivity contribution is 6.73. The molecule has 0 aliphatic carbocycles. The van der Waals surface area contributed by atoms with Gasteiger partial charge in [-0.15, -0.1) is 0 Å². The third kappa shape index (κ3) is 4.27. The highest BCUT2D eigenvalue weighted by atomic mass is 28.4. The summed E-state index contributed by atoms with van der Waals surface area (Å²) in [4.78, 5) is 0. The third-order valence-electron chi connectivity index (χ3n) is 3.41. The summed E-state index contributed by atoms with van der Waals surface area (Å²) in [7, 11) is -1.67. The molecule has 0 aliphatic heterocycles. The maximum Gasteiger partial charge on any atom is 0.192 e. The van der Waals surface area contributed by atoms with Gasteiger partial charge in [-0.2, -0.15) is 0 Å². The lowest BCUT2D eigenvalue weighted by molar-refractivity contribution is 0.0929. The lowest BCUT2D eigenvalue weighted by atomic mass is 9.97. The second-order valence-corrected chi connectivity index (χ2v) is 9.75. The van der Waals surface area contributed by atoms with Crippen LogP contribution in [0.2, 0.25) is 18.1 Å². The Morgan fingerprint density at radius 1 is 0.933 bits per heavy atom. The molecule has 0 spiro atoms. The van der Waals surface area contributed by atoms with Gasteiger partial charge in [-0.05, 0) is 30.0 Å². The molecule has 15 heavy (non-hydrogen) atoms. The monoisotopic (exact) mass is 231 g/mol. The minimum atomic E-state index is -1.67. The quantitative estimate of drug-likeness (QED) is 0.578. The molecule has 0 heterocycles. The van der Waals surface area contributed by atoms with Gasteiger partial charge in [0.2, 0.25) is 0 Å². The van der Waals surface area contributed by atoms with E-state index in [-0.39, 0.29) is 11.8 Å². The van der Waals surface area contributed by atoms with Crippen LogP contribution in [0.4, 0.5) is 0 Å². The number of hydrogen-bond donors (Lipinski definition) is 0. The van der Waals surface area contributed by atoms with Crippen LogP contribution in [-0.4, -0.2) is 14.4 Å². The Morgan fingerprint density at radius 2 is 1.27 bits per heavy atom. The second-order valence-electron chi connectivity index (χ2n) is 5.06. The Balaban J connectivity index is 4.99. The van der Waals surface area contributed by atoms with E-state index in [9.17, 15) is 0 Å². The normalized spacial score (nSPS) is 14.9. The maximum atomic E-state index is 8.61. The lowest BCUT2D eigenvalue weighted by Gasteiger charge is -2.37. The first-order valence-corrected chi connectivity index (χ1v) is 9.01. The summed E-state index contributed by atoms with van der Waals surface area (Å²) in [5, 5.41) is 0. The average molecular weight is 231 g/mol. The van der Waals surface area contributed by atoms with Crippen LogP contribution < -0.4 is 0 Å². The molecule has 0 unspecified atom stereocenters. The van der Waals surface area contributed by atoms with Gasteiger partial charge < -0.3 is 4.43 Å². The van der Waals surface area contributed by atoms with E-state index in [1.807, 2.05) is 0 Å². The molecule has 0 aromatic rings. The highest BCUT2D eigenvalue weighted by Gasteiger charge is 2.33. The molecule has 0 atom stereocenters. The molecule has 92 valence electrons. The SMILES string of the molecule is [2H]C(O[Si](CC)(CC)CC)(C(C)C)C(C)C. The van der Waals surface area contributed by atoms with Crippen molar-refractivity contribution < 1.29 is 5.80 Å². The summed E-state index contributed by atoms with van der Waals surface area (Å²) in [6, 6.07) is 3.38. The molecule has 0 N–H and O–H groups in total. The average Bonchev–Trinajstić information content (AvgIpc) is 2.25. The Morgan fingerprint density at radius 3 is 1.47 bits per heavy atom. The van der Waals surface area contributed by atoms with E-state index in [1.54, 1.807) is 0 Å². The molecule has 0 aromatic carbocycles.